The Kier molecular flexibility index (Phi) is 19.9. The summed E-state index contributed by atoms with van der Waals surface area (Å²) in [7, 11) is 0. The summed E-state index contributed by atoms with van der Waals surface area (Å²) in [4.78, 5) is 0. The summed E-state index contributed by atoms with van der Waals surface area (Å²) in [6.07, 6.45) is 0. The molecule has 0 rings (SSSR count). The number of hydrogen-bond acceptors (Lipinski definition) is 3. The maximum absolute atomic E-state index is 7.04. The molecule has 2 N–H and O–H groups in total. The van der Waals surface area contributed by atoms with Gasteiger partial charge in [-0.15, -0.1) is 0 Å². The third-order valence-corrected chi connectivity index (χ3v) is 0. The molecule has 4 heteroatoms. The fourth-order valence-corrected chi connectivity index (χ4v) is 0. The molecule has 0 saturated heterocycles. The van der Waals surface area contributed by atoms with Gasteiger partial charge in [-0.25, -0.2) is 0 Å². The van der Waals surface area contributed by atoms with Gasteiger partial charge in [-0.1, -0.05) is 0 Å². The van der Waals surface area contributed by atoms with Gasteiger partial charge in [-0.2, -0.15) is 0 Å². The molecule has 0 spiro atoms. The molecule has 0 aromatic carbocycles. The van der Waals surface area contributed by atoms with E-state index in [9.17, 15) is 0 Å². The van der Waals surface area contributed by atoms with Crippen molar-refractivity contribution in [3.8, 4) is 0 Å². The fourth-order valence-electron chi connectivity index (χ4n) is 0. The van der Waals surface area contributed by atoms with E-state index in [1.807, 2.05) is 0 Å². The Morgan fingerprint density at radius 3 is 1.25 bits per heavy atom. The van der Waals surface area contributed by atoms with Gasteiger partial charge >= 0.3 is 29.6 Å². The van der Waals surface area contributed by atoms with Crippen molar-refractivity contribution in [1.82, 2.24) is 0 Å². The molecule has 0 aliphatic carbocycles. The summed E-state index contributed by atoms with van der Waals surface area (Å²) in [6.45, 7) is 0. The maximum atomic E-state index is 7.04. The first-order chi connectivity index (χ1) is 1.41. The molecular formula is H3NaO2S. The predicted octanol–water partition coefficient (Wildman–Crippen LogP) is 0.0171. The average molecular weight is 90.1 g/mol. The minimum atomic E-state index is -0.250. The van der Waals surface area contributed by atoms with Gasteiger partial charge in [0.05, 0.1) is 0 Å². The van der Waals surface area contributed by atoms with E-state index in [-0.39, 0.29) is 41.9 Å². The Bertz CT molecular complexity index is 6.00. The average Bonchev–Trinajstić information content (AvgIpc) is 0.918. The van der Waals surface area contributed by atoms with Crippen molar-refractivity contribution < 1.29 is 9.11 Å². The quantitative estimate of drug-likeness (QED) is 0.325. The van der Waals surface area contributed by atoms with E-state index >= 15 is 0 Å². The van der Waals surface area contributed by atoms with E-state index in [4.69, 9.17) is 9.11 Å². The van der Waals surface area contributed by atoms with Crippen molar-refractivity contribution in [2.75, 3.05) is 0 Å². The van der Waals surface area contributed by atoms with Crippen LogP contribution in [0.15, 0.2) is 0 Å². The summed E-state index contributed by atoms with van der Waals surface area (Å²) in [5.74, 6) is 0. The zero-order valence-corrected chi connectivity index (χ0v) is 2.12. The summed E-state index contributed by atoms with van der Waals surface area (Å²) < 4.78 is 14.1. The Balaban J connectivity index is 0. The van der Waals surface area contributed by atoms with E-state index in [2.05, 4.69) is 0 Å². The molecule has 0 aromatic heterocycles. The van der Waals surface area contributed by atoms with E-state index in [1.165, 1.54) is 0 Å². The molecule has 0 aliphatic rings. The molecule has 0 bridgehead atoms. The third-order valence-electron chi connectivity index (χ3n) is 0. The van der Waals surface area contributed by atoms with Gasteiger partial charge in [0, 0.05) is 0 Å². The zero-order chi connectivity index (χ0) is 2.71. The van der Waals surface area contributed by atoms with Crippen LogP contribution in [-0.4, -0.2) is 38.7 Å². The van der Waals surface area contributed by atoms with E-state index in [0.717, 1.165) is 0 Å². The van der Waals surface area contributed by atoms with Gasteiger partial charge < -0.3 is 9.11 Å². The van der Waals surface area contributed by atoms with Crippen LogP contribution in [0.1, 0.15) is 0 Å². The van der Waals surface area contributed by atoms with Crippen molar-refractivity contribution in [3.63, 3.8) is 0 Å². The van der Waals surface area contributed by atoms with Gasteiger partial charge in [0.25, 0.3) is 0 Å². The van der Waals surface area contributed by atoms with Crippen molar-refractivity contribution in [3.05, 3.63) is 0 Å². The molecule has 0 aliphatic heterocycles. The van der Waals surface area contributed by atoms with Crippen LogP contribution >= 0.6 is 12.3 Å². The van der Waals surface area contributed by atoms with Gasteiger partial charge in [0.15, 0.2) is 12.3 Å². The molecule has 0 heterocycles. The first-order valence-corrected chi connectivity index (χ1v) is 1.10. The van der Waals surface area contributed by atoms with Gasteiger partial charge in [-0.05, 0) is 0 Å². The van der Waals surface area contributed by atoms with Crippen LogP contribution in [0.4, 0.5) is 0 Å². The van der Waals surface area contributed by atoms with Crippen molar-refractivity contribution in [2.24, 2.45) is 0 Å². The third kappa shape index (κ3) is 10.4. The van der Waals surface area contributed by atoms with Crippen LogP contribution in [0.2, 0.25) is 0 Å². The number of rotatable bonds is 0. The van der Waals surface area contributed by atoms with Crippen LogP contribution < -0.4 is 0 Å². The summed E-state index contributed by atoms with van der Waals surface area (Å²) in [5, 5.41) is 0. The van der Waals surface area contributed by atoms with Crippen LogP contribution in [-0.2, 0) is 0 Å². The van der Waals surface area contributed by atoms with Gasteiger partial charge in [0.2, 0.25) is 0 Å². The first kappa shape index (κ1) is 8.99. The molecule has 0 amide bonds. The minimum absolute atomic E-state index is 0. The zero-order valence-electron chi connectivity index (χ0n) is 1.30. The Hall–Kier alpha value is 1.27. The summed E-state index contributed by atoms with van der Waals surface area (Å²) in [5.41, 5.74) is 0. The van der Waals surface area contributed by atoms with Crippen LogP contribution in [0.25, 0.3) is 0 Å². The second kappa shape index (κ2) is 8.86. The SMILES string of the molecule is OSO.[NaH]. The van der Waals surface area contributed by atoms with Crippen LogP contribution in [0.3, 0.4) is 0 Å². The number of hydrogen-bond donors (Lipinski definition) is 2. The molecule has 0 fully saturated rings. The summed E-state index contributed by atoms with van der Waals surface area (Å²) in [6, 6.07) is 0. The molecule has 0 atom stereocenters. The monoisotopic (exact) mass is 90.0 g/mol. The normalized spacial score (nSPS) is 4.50. The molecule has 0 unspecified atom stereocenters. The van der Waals surface area contributed by atoms with E-state index in [0.29, 0.717) is 0 Å². The molecule has 4 heavy (non-hydrogen) atoms. The van der Waals surface area contributed by atoms with E-state index < -0.39 is 0 Å². The first-order valence-electron chi connectivity index (χ1n) is 0.365. The molecule has 22 valence electrons. The summed E-state index contributed by atoms with van der Waals surface area (Å²) >= 11 is -0.250. The predicted molar refractivity (Wildman–Crippen MR) is 20.0 cm³/mol. The molecule has 2 nitrogen and oxygen atoms in total. The van der Waals surface area contributed by atoms with Crippen molar-refractivity contribution in [2.45, 2.75) is 0 Å². The van der Waals surface area contributed by atoms with Crippen LogP contribution in [0.5, 0.6) is 0 Å². The Morgan fingerprint density at radius 2 is 1.25 bits per heavy atom. The van der Waals surface area contributed by atoms with Gasteiger partial charge in [0.1, 0.15) is 0 Å². The van der Waals surface area contributed by atoms with Crippen molar-refractivity contribution in [1.29, 1.82) is 0 Å². The van der Waals surface area contributed by atoms with Crippen molar-refractivity contribution >= 4 is 41.9 Å². The van der Waals surface area contributed by atoms with Crippen LogP contribution in [0, 0.1) is 0 Å². The second-order valence-electron chi connectivity index (χ2n) is 0.0816. The van der Waals surface area contributed by atoms with Gasteiger partial charge in [-0.3, -0.25) is 0 Å². The molecular weight excluding hydrogens is 87.1 g/mol. The standard InChI is InChI=1S/Na.H2O2S.H/c;1-3-2;/h;1-2H;. The fraction of sp³-hybridized carbons (Fsp3) is 0. The Labute approximate surface area is 50.9 Å². The molecule has 0 aromatic rings. The molecule has 0 saturated carbocycles. The second-order valence-corrected chi connectivity index (χ2v) is 0.245. The topological polar surface area (TPSA) is 40.5 Å². The Morgan fingerprint density at radius 1 is 1.25 bits per heavy atom. The van der Waals surface area contributed by atoms with E-state index in [1.54, 1.807) is 0 Å². The molecule has 0 radical (unpaired) electrons.